The smallest absolute Gasteiger partial charge is 0.423 e. The van der Waals surface area contributed by atoms with E-state index >= 15 is 0 Å². The first-order valence-corrected chi connectivity index (χ1v) is 4.33. The second-order valence-corrected chi connectivity index (χ2v) is 3.16. The molecule has 0 aliphatic carbocycles. The SMILES string of the molecule is OB(O)c1cccc2c1CCOC2. The van der Waals surface area contributed by atoms with Gasteiger partial charge in [0.05, 0.1) is 13.2 Å². The maximum Gasteiger partial charge on any atom is 0.488 e. The van der Waals surface area contributed by atoms with Crippen molar-refractivity contribution < 1.29 is 14.8 Å². The molecule has 0 unspecified atom stereocenters. The summed E-state index contributed by atoms with van der Waals surface area (Å²) in [7, 11) is -1.37. The van der Waals surface area contributed by atoms with E-state index in [0.717, 1.165) is 17.5 Å². The van der Waals surface area contributed by atoms with Gasteiger partial charge in [-0.05, 0) is 23.0 Å². The van der Waals surface area contributed by atoms with Crippen LogP contribution in [0.1, 0.15) is 11.1 Å². The molecule has 1 heterocycles. The molecule has 0 bridgehead atoms. The lowest BCUT2D eigenvalue weighted by Gasteiger charge is -2.19. The Hall–Kier alpha value is -0.835. The Bertz CT molecular complexity index is 312. The van der Waals surface area contributed by atoms with Crippen molar-refractivity contribution in [1.29, 1.82) is 0 Å². The molecule has 0 fully saturated rings. The molecule has 0 atom stereocenters. The number of hydrogen-bond acceptors (Lipinski definition) is 3. The van der Waals surface area contributed by atoms with E-state index in [1.54, 1.807) is 6.07 Å². The molecule has 0 amide bonds. The number of ether oxygens (including phenoxy) is 1. The third kappa shape index (κ3) is 1.61. The summed E-state index contributed by atoms with van der Waals surface area (Å²) in [4.78, 5) is 0. The van der Waals surface area contributed by atoms with Gasteiger partial charge in [-0.2, -0.15) is 0 Å². The van der Waals surface area contributed by atoms with Crippen LogP contribution in [0.2, 0.25) is 0 Å². The van der Waals surface area contributed by atoms with Crippen molar-refractivity contribution in [3.63, 3.8) is 0 Å². The average molecular weight is 178 g/mol. The standard InChI is InChI=1S/C9H11BO3/c11-10(12)9-3-1-2-7-6-13-5-4-8(7)9/h1-3,11-12H,4-6H2. The van der Waals surface area contributed by atoms with E-state index < -0.39 is 7.12 Å². The van der Waals surface area contributed by atoms with Crippen LogP contribution >= 0.6 is 0 Å². The summed E-state index contributed by atoms with van der Waals surface area (Å²) in [6, 6.07) is 5.53. The van der Waals surface area contributed by atoms with E-state index in [0.29, 0.717) is 18.7 Å². The lowest BCUT2D eigenvalue weighted by molar-refractivity contribution is 0.111. The fourth-order valence-corrected chi connectivity index (χ4v) is 1.69. The molecule has 68 valence electrons. The van der Waals surface area contributed by atoms with Crippen LogP contribution in [0.25, 0.3) is 0 Å². The summed E-state index contributed by atoms with van der Waals surface area (Å²) in [6.45, 7) is 1.24. The molecule has 0 radical (unpaired) electrons. The first-order valence-electron chi connectivity index (χ1n) is 4.33. The fourth-order valence-electron chi connectivity index (χ4n) is 1.69. The van der Waals surface area contributed by atoms with E-state index in [4.69, 9.17) is 14.8 Å². The van der Waals surface area contributed by atoms with Crippen LogP contribution in [-0.4, -0.2) is 23.8 Å². The van der Waals surface area contributed by atoms with Gasteiger partial charge < -0.3 is 14.8 Å². The van der Waals surface area contributed by atoms with Crippen molar-refractivity contribution in [2.75, 3.05) is 6.61 Å². The van der Waals surface area contributed by atoms with Crippen molar-refractivity contribution in [3.05, 3.63) is 29.3 Å². The van der Waals surface area contributed by atoms with Crippen molar-refractivity contribution >= 4 is 12.6 Å². The highest BCUT2D eigenvalue weighted by Gasteiger charge is 2.20. The number of fused-ring (bicyclic) bond motifs is 1. The van der Waals surface area contributed by atoms with E-state index in [1.807, 2.05) is 12.1 Å². The van der Waals surface area contributed by atoms with Crippen LogP contribution in [0.4, 0.5) is 0 Å². The molecule has 0 saturated carbocycles. The van der Waals surface area contributed by atoms with Crippen molar-refractivity contribution in [2.24, 2.45) is 0 Å². The molecule has 0 aromatic heterocycles. The van der Waals surface area contributed by atoms with Crippen molar-refractivity contribution in [1.82, 2.24) is 0 Å². The van der Waals surface area contributed by atoms with Crippen LogP contribution in [0, 0.1) is 0 Å². The molecule has 2 N–H and O–H groups in total. The largest absolute Gasteiger partial charge is 0.488 e. The molecule has 4 heteroatoms. The molecule has 1 aromatic carbocycles. The molecule has 2 rings (SSSR count). The summed E-state index contributed by atoms with van der Waals surface area (Å²) in [5.41, 5.74) is 2.71. The van der Waals surface area contributed by atoms with E-state index in [-0.39, 0.29) is 0 Å². The third-order valence-electron chi connectivity index (χ3n) is 2.34. The van der Waals surface area contributed by atoms with Crippen molar-refractivity contribution in [3.8, 4) is 0 Å². The summed E-state index contributed by atoms with van der Waals surface area (Å²) in [6.07, 6.45) is 0.767. The van der Waals surface area contributed by atoms with Crippen LogP contribution in [-0.2, 0) is 17.8 Å². The van der Waals surface area contributed by atoms with Crippen LogP contribution in [0.5, 0.6) is 0 Å². The highest BCUT2D eigenvalue weighted by atomic mass is 16.5. The Morgan fingerprint density at radius 2 is 2.15 bits per heavy atom. The quantitative estimate of drug-likeness (QED) is 0.566. The monoisotopic (exact) mass is 178 g/mol. The lowest BCUT2D eigenvalue weighted by atomic mass is 9.74. The maximum absolute atomic E-state index is 9.09. The molecule has 1 aliphatic rings. The average Bonchev–Trinajstić information content (AvgIpc) is 2.17. The molecule has 1 aromatic rings. The number of benzene rings is 1. The van der Waals surface area contributed by atoms with Gasteiger partial charge in [0.2, 0.25) is 0 Å². The predicted molar refractivity (Wildman–Crippen MR) is 49.6 cm³/mol. The van der Waals surface area contributed by atoms with Gasteiger partial charge in [-0.3, -0.25) is 0 Å². The molecule has 0 spiro atoms. The zero-order chi connectivity index (χ0) is 9.26. The van der Waals surface area contributed by atoms with Crippen LogP contribution in [0.3, 0.4) is 0 Å². The molecular weight excluding hydrogens is 167 g/mol. The Labute approximate surface area is 77.1 Å². The summed E-state index contributed by atoms with van der Waals surface area (Å²) >= 11 is 0. The van der Waals surface area contributed by atoms with Gasteiger partial charge >= 0.3 is 7.12 Å². The van der Waals surface area contributed by atoms with Gasteiger partial charge in [-0.1, -0.05) is 18.2 Å². The zero-order valence-corrected chi connectivity index (χ0v) is 7.23. The Morgan fingerprint density at radius 1 is 1.31 bits per heavy atom. The van der Waals surface area contributed by atoms with Crippen LogP contribution < -0.4 is 5.46 Å². The van der Waals surface area contributed by atoms with E-state index in [9.17, 15) is 0 Å². The number of rotatable bonds is 1. The van der Waals surface area contributed by atoms with Gasteiger partial charge in [0, 0.05) is 0 Å². The minimum Gasteiger partial charge on any atom is -0.423 e. The topological polar surface area (TPSA) is 49.7 Å². The van der Waals surface area contributed by atoms with Gasteiger partial charge in [-0.25, -0.2) is 0 Å². The van der Waals surface area contributed by atoms with E-state index in [2.05, 4.69) is 0 Å². The van der Waals surface area contributed by atoms with Gasteiger partial charge in [0.15, 0.2) is 0 Å². The fraction of sp³-hybridized carbons (Fsp3) is 0.333. The molecular formula is C9H11BO3. The molecule has 13 heavy (non-hydrogen) atoms. The first kappa shape index (κ1) is 8.75. The Morgan fingerprint density at radius 3 is 2.92 bits per heavy atom. The minimum atomic E-state index is -1.37. The second kappa shape index (κ2) is 3.50. The summed E-state index contributed by atoms with van der Waals surface area (Å²) < 4.78 is 5.27. The zero-order valence-electron chi connectivity index (χ0n) is 7.23. The maximum atomic E-state index is 9.09. The minimum absolute atomic E-state index is 0.579. The van der Waals surface area contributed by atoms with Gasteiger partial charge in [0.1, 0.15) is 0 Å². The second-order valence-electron chi connectivity index (χ2n) is 3.16. The molecule has 0 saturated heterocycles. The Kier molecular flexibility index (Phi) is 2.35. The predicted octanol–water partition coefficient (Wildman–Crippen LogP) is -0.561. The molecule has 1 aliphatic heterocycles. The number of hydrogen-bond donors (Lipinski definition) is 2. The normalized spacial score (nSPS) is 15.2. The van der Waals surface area contributed by atoms with Gasteiger partial charge in [0.25, 0.3) is 0 Å². The lowest BCUT2D eigenvalue weighted by Crippen LogP contribution is -2.35. The van der Waals surface area contributed by atoms with E-state index in [1.165, 1.54) is 0 Å². The van der Waals surface area contributed by atoms with Crippen LogP contribution in [0.15, 0.2) is 18.2 Å². The van der Waals surface area contributed by atoms with Gasteiger partial charge in [-0.15, -0.1) is 0 Å². The third-order valence-corrected chi connectivity index (χ3v) is 2.34. The highest BCUT2D eigenvalue weighted by Crippen LogP contribution is 2.14. The van der Waals surface area contributed by atoms with Crippen molar-refractivity contribution in [2.45, 2.75) is 13.0 Å². The first-order chi connectivity index (χ1) is 6.29. The summed E-state index contributed by atoms with van der Waals surface area (Å²) in [5, 5.41) is 18.2. The highest BCUT2D eigenvalue weighted by molar-refractivity contribution is 6.59. The molecule has 3 nitrogen and oxygen atoms in total. The summed E-state index contributed by atoms with van der Waals surface area (Å²) in [5.74, 6) is 0. The Balaban J connectivity index is 2.46.